The Labute approximate surface area is 181 Å². The van der Waals surface area contributed by atoms with E-state index in [1.165, 1.54) is 7.11 Å². The molecular weight excluding hydrogens is 438 g/mol. The van der Waals surface area contributed by atoms with Crippen molar-refractivity contribution in [2.45, 2.75) is 83.6 Å². The zero-order valence-electron chi connectivity index (χ0n) is 16.7. The van der Waals surface area contributed by atoms with Crippen molar-refractivity contribution in [2.75, 3.05) is 7.11 Å². The molecule has 3 aliphatic heterocycles. The molecule has 7 fully saturated rings. The van der Waals surface area contributed by atoms with Gasteiger partial charge in [0.25, 0.3) is 0 Å². The van der Waals surface area contributed by atoms with E-state index in [1.807, 2.05) is 23.5 Å². The molecular formula is C20H24F2O6S2. The Morgan fingerprint density at radius 2 is 1.87 bits per heavy atom. The lowest BCUT2D eigenvalue weighted by atomic mass is 9.53. The first-order valence-electron chi connectivity index (χ1n) is 10.5. The SMILES string of the molecule is COC1C(=O)OC2C1OC1SC3(SC12)C1CC2CC3CC(OC(=O)C(C)(F)F)(C2)C1. The minimum Gasteiger partial charge on any atom is -0.456 e. The number of thioether (sulfide) groups is 2. The maximum Gasteiger partial charge on any atom is 0.377 e. The van der Waals surface area contributed by atoms with Gasteiger partial charge in [-0.25, -0.2) is 9.59 Å². The van der Waals surface area contributed by atoms with E-state index in [-0.39, 0.29) is 44.8 Å². The molecule has 0 amide bonds. The lowest BCUT2D eigenvalue weighted by Gasteiger charge is -2.63. The summed E-state index contributed by atoms with van der Waals surface area (Å²) in [6, 6.07) is 0. The average molecular weight is 463 g/mol. The molecule has 0 aromatic heterocycles. The third-order valence-electron chi connectivity index (χ3n) is 7.80. The van der Waals surface area contributed by atoms with Crippen LogP contribution in [0.2, 0.25) is 0 Å². The van der Waals surface area contributed by atoms with Crippen LogP contribution in [0.15, 0.2) is 0 Å². The van der Waals surface area contributed by atoms with Gasteiger partial charge < -0.3 is 18.9 Å². The summed E-state index contributed by atoms with van der Waals surface area (Å²) in [7, 11) is 1.49. The molecule has 6 nitrogen and oxygen atoms in total. The molecule has 7 unspecified atom stereocenters. The Bertz CT molecular complexity index is 787. The number of rotatable bonds is 3. The second kappa shape index (κ2) is 6.26. The van der Waals surface area contributed by atoms with Gasteiger partial charge in [0.15, 0.2) is 6.10 Å². The molecule has 7 rings (SSSR count). The van der Waals surface area contributed by atoms with Crippen LogP contribution in [-0.4, -0.2) is 63.6 Å². The predicted molar refractivity (Wildman–Crippen MR) is 104 cm³/mol. The maximum atomic E-state index is 13.5. The van der Waals surface area contributed by atoms with E-state index in [0.717, 1.165) is 12.8 Å². The Kier molecular flexibility index (Phi) is 4.19. The predicted octanol–water partition coefficient (Wildman–Crippen LogP) is 2.97. The summed E-state index contributed by atoms with van der Waals surface area (Å²) in [5.74, 6) is -4.31. The highest BCUT2D eigenvalue weighted by Crippen LogP contribution is 2.74. The largest absolute Gasteiger partial charge is 0.456 e. The van der Waals surface area contributed by atoms with Crippen molar-refractivity contribution in [2.24, 2.45) is 17.8 Å². The van der Waals surface area contributed by atoms with E-state index < -0.39 is 23.6 Å². The minimum absolute atomic E-state index is 0.0418. The second-order valence-electron chi connectivity index (χ2n) is 9.75. The topological polar surface area (TPSA) is 71.1 Å². The van der Waals surface area contributed by atoms with Crippen LogP contribution in [0.25, 0.3) is 0 Å². The van der Waals surface area contributed by atoms with E-state index >= 15 is 0 Å². The summed E-state index contributed by atoms with van der Waals surface area (Å²) in [5, 5.41) is 0.0418. The highest BCUT2D eigenvalue weighted by Gasteiger charge is 2.72. The third-order valence-corrected chi connectivity index (χ3v) is 12.0. The fourth-order valence-corrected chi connectivity index (χ4v) is 11.3. The molecule has 4 bridgehead atoms. The van der Waals surface area contributed by atoms with Gasteiger partial charge in [-0.05, 0) is 49.9 Å². The molecule has 7 atom stereocenters. The van der Waals surface area contributed by atoms with Crippen molar-refractivity contribution >= 4 is 35.5 Å². The van der Waals surface area contributed by atoms with Crippen LogP contribution >= 0.6 is 23.5 Å². The highest BCUT2D eigenvalue weighted by molar-refractivity contribution is 8.22. The number of halogens is 2. The molecule has 4 saturated carbocycles. The number of ether oxygens (including phenoxy) is 4. The normalized spacial score (nSPS) is 53.1. The summed E-state index contributed by atoms with van der Waals surface area (Å²) in [6.45, 7) is 0.602. The van der Waals surface area contributed by atoms with Gasteiger partial charge in [0.1, 0.15) is 23.2 Å². The summed E-state index contributed by atoms with van der Waals surface area (Å²) < 4.78 is 49.6. The third kappa shape index (κ3) is 2.62. The van der Waals surface area contributed by atoms with Gasteiger partial charge in [-0.2, -0.15) is 8.78 Å². The van der Waals surface area contributed by atoms with Gasteiger partial charge >= 0.3 is 17.9 Å². The molecule has 3 saturated heterocycles. The van der Waals surface area contributed by atoms with Gasteiger partial charge in [0.05, 0.1) is 9.33 Å². The van der Waals surface area contributed by atoms with Crippen molar-refractivity contribution in [3.8, 4) is 0 Å². The summed E-state index contributed by atoms with van der Waals surface area (Å²) >= 11 is 3.67. The number of hydrogen-bond acceptors (Lipinski definition) is 8. The number of carbonyl (C=O) groups is 2. The number of fused-ring (bicyclic) bond motifs is 3. The van der Waals surface area contributed by atoms with Crippen molar-refractivity contribution in [3.63, 3.8) is 0 Å². The van der Waals surface area contributed by atoms with Crippen LogP contribution in [-0.2, 0) is 28.5 Å². The van der Waals surface area contributed by atoms with Gasteiger partial charge in [-0.3, -0.25) is 0 Å². The van der Waals surface area contributed by atoms with E-state index in [9.17, 15) is 18.4 Å². The Hall–Kier alpha value is -0.580. The first kappa shape index (κ1) is 20.1. The number of alkyl halides is 2. The van der Waals surface area contributed by atoms with Crippen molar-refractivity contribution < 1.29 is 37.3 Å². The van der Waals surface area contributed by atoms with Gasteiger partial charge in [0, 0.05) is 14.0 Å². The molecule has 0 N–H and O–H groups in total. The van der Waals surface area contributed by atoms with Gasteiger partial charge in [-0.1, -0.05) is 0 Å². The van der Waals surface area contributed by atoms with Crippen molar-refractivity contribution in [1.82, 2.24) is 0 Å². The van der Waals surface area contributed by atoms with Gasteiger partial charge in [0.2, 0.25) is 0 Å². The van der Waals surface area contributed by atoms with E-state index in [1.54, 1.807) is 0 Å². The summed E-state index contributed by atoms with van der Waals surface area (Å²) in [5.41, 5.74) is -0.840. The Balaban J connectivity index is 1.24. The molecule has 166 valence electrons. The van der Waals surface area contributed by atoms with E-state index in [0.29, 0.717) is 32.1 Å². The van der Waals surface area contributed by atoms with Crippen LogP contribution < -0.4 is 0 Å². The fraction of sp³-hybridized carbons (Fsp3) is 0.900. The Morgan fingerprint density at radius 1 is 1.17 bits per heavy atom. The van der Waals surface area contributed by atoms with Crippen LogP contribution in [0.1, 0.15) is 39.0 Å². The van der Waals surface area contributed by atoms with Gasteiger partial charge in [-0.15, -0.1) is 23.5 Å². The van der Waals surface area contributed by atoms with E-state index in [4.69, 9.17) is 18.9 Å². The first-order chi connectivity index (χ1) is 14.1. The first-order valence-corrected chi connectivity index (χ1v) is 12.3. The quantitative estimate of drug-likeness (QED) is 0.593. The van der Waals surface area contributed by atoms with Crippen LogP contribution in [0, 0.1) is 17.8 Å². The summed E-state index contributed by atoms with van der Waals surface area (Å²) in [4.78, 5) is 24.1. The standard InChI is InChI=1S/C20H24F2O6S2/c1-18(21,22)17(24)28-19-5-8-3-9(6-19)20(10(4-8)7-19)29-14-12-11(27-16(14)30-20)13(25-2)15(23)26-12/h8-14,16H,3-7H2,1-2H3. The molecule has 0 aromatic carbocycles. The van der Waals surface area contributed by atoms with Crippen molar-refractivity contribution in [3.05, 3.63) is 0 Å². The maximum absolute atomic E-state index is 13.5. The lowest BCUT2D eigenvalue weighted by molar-refractivity contribution is -0.208. The fourth-order valence-electron chi connectivity index (χ4n) is 6.89. The minimum atomic E-state index is -3.47. The average Bonchev–Trinajstić information content (AvgIpc) is 3.26. The number of hydrogen-bond donors (Lipinski definition) is 0. The zero-order valence-corrected chi connectivity index (χ0v) is 18.3. The molecule has 0 radical (unpaired) electrons. The molecule has 1 spiro atoms. The molecule has 4 aliphatic carbocycles. The highest BCUT2D eigenvalue weighted by atomic mass is 32.2. The van der Waals surface area contributed by atoms with Crippen molar-refractivity contribution in [1.29, 1.82) is 0 Å². The molecule has 30 heavy (non-hydrogen) atoms. The van der Waals surface area contributed by atoms with Crippen LogP contribution in [0.5, 0.6) is 0 Å². The smallest absolute Gasteiger partial charge is 0.377 e. The lowest BCUT2D eigenvalue weighted by Crippen LogP contribution is -2.62. The Morgan fingerprint density at radius 3 is 2.50 bits per heavy atom. The van der Waals surface area contributed by atoms with Crippen LogP contribution in [0.4, 0.5) is 8.78 Å². The molecule has 3 heterocycles. The second-order valence-corrected chi connectivity index (χ2v) is 12.8. The molecule has 0 aromatic rings. The zero-order chi connectivity index (χ0) is 21.1. The monoisotopic (exact) mass is 462 g/mol. The summed E-state index contributed by atoms with van der Waals surface area (Å²) in [6.07, 6.45) is 2.62. The number of carbonyl (C=O) groups excluding carboxylic acids is 2. The molecule has 10 heteroatoms. The van der Waals surface area contributed by atoms with E-state index in [2.05, 4.69) is 0 Å². The van der Waals surface area contributed by atoms with Crippen LogP contribution in [0.3, 0.4) is 0 Å². The number of esters is 2. The number of methoxy groups -OCH3 is 1. The molecule has 7 aliphatic rings.